The molecule has 0 bridgehead atoms. The monoisotopic (exact) mass is 356 g/mol. The molecule has 134 valence electrons. The lowest BCUT2D eigenvalue weighted by Gasteiger charge is -2.32. The van der Waals surface area contributed by atoms with E-state index in [9.17, 15) is 14.0 Å². The normalized spacial score (nSPS) is 15.3. The van der Waals surface area contributed by atoms with Crippen LogP contribution < -0.4 is 10.9 Å². The number of likely N-dealkylation sites (tertiary alicyclic amines) is 1. The lowest BCUT2D eigenvalue weighted by molar-refractivity contribution is 0.0713. The minimum atomic E-state index is -0.507. The van der Waals surface area contributed by atoms with Crippen molar-refractivity contribution in [1.29, 1.82) is 0 Å². The first-order valence-electron chi connectivity index (χ1n) is 8.35. The molecule has 9 heteroatoms. The number of hydrogen-bond acceptors (Lipinski definition) is 5. The molecule has 26 heavy (non-hydrogen) atoms. The average molecular weight is 356 g/mol. The zero-order chi connectivity index (χ0) is 18.1. The largest absolute Gasteiger partial charge is 0.353 e. The third-order valence-corrected chi connectivity index (χ3v) is 4.55. The molecule has 1 aromatic carbocycles. The van der Waals surface area contributed by atoms with E-state index >= 15 is 0 Å². The van der Waals surface area contributed by atoms with Crippen molar-refractivity contribution < 1.29 is 9.18 Å². The van der Waals surface area contributed by atoms with Gasteiger partial charge in [0.25, 0.3) is 11.5 Å². The maximum Gasteiger partial charge on any atom is 0.263 e. The van der Waals surface area contributed by atoms with Gasteiger partial charge in [-0.3, -0.25) is 19.7 Å². The summed E-state index contributed by atoms with van der Waals surface area (Å²) < 4.78 is 13.8. The molecule has 0 saturated carbocycles. The van der Waals surface area contributed by atoms with Gasteiger partial charge in [0.05, 0.1) is 11.8 Å². The molecule has 2 aromatic heterocycles. The molecule has 3 aromatic rings. The summed E-state index contributed by atoms with van der Waals surface area (Å²) in [6, 6.07) is 6.05. The number of nitrogens with one attached hydrogen (secondary N) is 3. The lowest BCUT2D eigenvalue weighted by Crippen LogP contribution is -2.43. The van der Waals surface area contributed by atoms with Crippen molar-refractivity contribution in [1.82, 2.24) is 25.1 Å². The number of nitrogens with zero attached hydrogens (tertiary/aromatic N) is 3. The summed E-state index contributed by atoms with van der Waals surface area (Å²) in [4.78, 5) is 33.0. The summed E-state index contributed by atoms with van der Waals surface area (Å²) in [7, 11) is 0. The number of amides is 1. The van der Waals surface area contributed by atoms with Crippen LogP contribution in [-0.2, 0) is 0 Å². The number of benzene rings is 1. The molecule has 0 radical (unpaired) electrons. The number of H-pyrrole nitrogens is 2. The number of fused-ring (bicyclic) bond motifs is 1. The highest BCUT2D eigenvalue weighted by molar-refractivity contribution is 5.94. The van der Waals surface area contributed by atoms with Gasteiger partial charge in [0.15, 0.2) is 5.65 Å². The molecule has 0 atom stereocenters. The zero-order valence-electron chi connectivity index (χ0n) is 13.8. The van der Waals surface area contributed by atoms with Crippen molar-refractivity contribution in [3.05, 3.63) is 52.2 Å². The van der Waals surface area contributed by atoms with Crippen LogP contribution in [0.2, 0.25) is 0 Å². The van der Waals surface area contributed by atoms with Crippen LogP contribution in [0.4, 0.5) is 10.3 Å². The quantitative estimate of drug-likeness (QED) is 0.659. The van der Waals surface area contributed by atoms with E-state index in [1.165, 1.54) is 18.3 Å². The topological polar surface area (TPSA) is 107 Å². The van der Waals surface area contributed by atoms with E-state index < -0.39 is 5.82 Å². The predicted molar refractivity (Wildman–Crippen MR) is 93.5 cm³/mol. The number of halogens is 1. The number of aromatic nitrogens is 4. The summed E-state index contributed by atoms with van der Waals surface area (Å²) >= 11 is 0. The Morgan fingerprint density at radius 3 is 2.81 bits per heavy atom. The number of piperidine rings is 1. The first-order chi connectivity index (χ1) is 12.6. The maximum absolute atomic E-state index is 13.8. The SMILES string of the molecule is O=C(c1ccccc1F)N1CCC(Nc2nc3[nH]ncc3c(=O)[nH]2)CC1. The smallest absolute Gasteiger partial charge is 0.263 e. The molecule has 1 saturated heterocycles. The van der Waals surface area contributed by atoms with Crippen molar-refractivity contribution in [3.8, 4) is 0 Å². The Balaban J connectivity index is 1.41. The van der Waals surface area contributed by atoms with Gasteiger partial charge in [-0.15, -0.1) is 0 Å². The zero-order valence-corrected chi connectivity index (χ0v) is 13.8. The van der Waals surface area contributed by atoms with E-state index in [2.05, 4.69) is 25.5 Å². The second-order valence-corrected chi connectivity index (χ2v) is 6.24. The van der Waals surface area contributed by atoms with Crippen LogP contribution in [0.5, 0.6) is 0 Å². The minimum absolute atomic E-state index is 0.0585. The van der Waals surface area contributed by atoms with Crippen molar-refractivity contribution in [2.45, 2.75) is 18.9 Å². The highest BCUT2D eigenvalue weighted by Gasteiger charge is 2.25. The second-order valence-electron chi connectivity index (χ2n) is 6.24. The van der Waals surface area contributed by atoms with Gasteiger partial charge < -0.3 is 10.2 Å². The Morgan fingerprint density at radius 1 is 1.27 bits per heavy atom. The maximum atomic E-state index is 13.8. The Hall–Kier alpha value is -3.23. The summed E-state index contributed by atoms with van der Waals surface area (Å²) in [6.07, 6.45) is 2.77. The average Bonchev–Trinajstić information content (AvgIpc) is 3.11. The van der Waals surface area contributed by atoms with Gasteiger partial charge >= 0.3 is 0 Å². The lowest BCUT2D eigenvalue weighted by atomic mass is 10.0. The van der Waals surface area contributed by atoms with Crippen LogP contribution in [-0.4, -0.2) is 50.1 Å². The molecule has 0 aliphatic carbocycles. The van der Waals surface area contributed by atoms with Crippen LogP contribution in [0.3, 0.4) is 0 Å². The van der Waals surface area contributed by atoms with Gasteiger partial charge in [0.2, 0.25) is 5.95 Å². The minimum Gasteiger partial charge on any atom is -0.353 e. The van der Waals surface area contributed by atoms with Gasteiger partial charge in [0, 0.05) is 19.1 Å². The molecule has 4 rings (SSSR count). The van der Waals surface area contributed by atoms with Crippen molar-refractivity contribution in [2.24, 2.45) is 0 Å². The molecular weight excluding hydrogens is 339 g/mol. The van der Waals surface area contributed by atoms with Crippen molar-refractivity contribution in [3.63, 3.8) is 0 Å². The molecule has 1 aliphatic heterocycles. The van der Waals surface area contributed by atoms with Gasteiger partial charge in [-0.05, 0) is 25.0 Å². The number of hydrogen-bond donors (Lipinski definition) is 3. The molecule has 8 nitrogen and oxygen atoms in total. The van der Waals surface area contributed by atoms with E-state index in [1.54, 1.807) is 17.0 Å². The first-order valence-corrected chi connectivity index (χ1v) is 8.35. The molecule has 0 unspecified atom stereocenters. The van der Waals surface area contributed by atoms with Crippen molar-refractivity contribution >= 4 is 22.9 Å². The van der Waals surface area contributed by atoms with Crippen LogP contribution >= 0.6 is 0 Å². The second kappa shape index (κ2) is 6.58. The number of aromatic amines is 2. The van der Waals surface area contributed by atoms with E-state index in [1.807, 2.05) is 0 Å². The van der Waals surface area contributed by atoms with E-state index in [4.69, 9.17) is 0 Å². The number of carbonyl (C=O) groups is 1. The number of carbonyl (C=O) groups excluding carboxylic acids is 1. The van der Waals surface area contributed by atoms with Gasteiger partial charge in [-0.2, -0.15) is 10.1 Å². The summed E-state index contributed by atoms with van der Waals surface area (Å²) in [6.45, 7) is 1.00. The summed E-state index contributed by atoms with van der Waals surface area (Å²) in [5, 5.41) is 10.1. The van der Waals surface area contributed by atoms with Crippen molar-refractivity contribution in [2.75, 3.05) is 18.4 Å². The fourth-order valence-corrected chi connectivity index (χ4v) is 3.14. The summed E-state index contributed by atoms with van der Waals surface area (Å²) in [5.74, 6) is -0.440. The Morgan fingerprint density at radius 2 is 2.04 bits per heavy atom. The molecule has 1 aliphatic rings. The van der Waals surface area contributed by atoms with Gasteiger partial charge in [-0.1, -0.05) is 12.1 Å². The Kier molecular flexibility index (Phi) is 4.11. The Labute approximate surface area is 147 Å². The molecular formula is C17H17FN6O2. The van der Waals surface area contributed by atoms with E-state index in [0.29, 0.717) is 42.9 Å². The van der Waals surface area contributed by atoms with E-state index in [-0.39, 0.29) is 23.1 Å². The summed E-state index contributed by atoms with van der Waals surface area (Å²) in [5.41, 5.74) is 0.247. The van der Waals surface area contributed by atoms with Crippen LogP contribution in [0, 0.1) is 5.82 Å². The standard InChI is InChI=1S/C17H17FN6O2/c18-13-4-2-1-3-11(13)16(26)24-7-5-10(6-8-24)20-17-21-14-12(9-19-23-14)15(25)22-17/h1-4,9-10H,5-8H2,(H3,19,20,21,22,23,25). The predicted octanol–water partition coefficient (Wildman–Crippen LogP) is 1.50. The highest BCUT2D eigenvalue weighted by Crippen LogP contribution is 2.18. The number of rotatable bonds is 3. The molecule has 1 fully saturated rings. The van der Waals surface area contributed by atoms with Gasteiger partial charge in [0.1, 0.15) is 11.2 Å². The highest BCUT2D eigenvalue weighted by atomic mass is 19.1. The van der Waals surface area contributed by atoms with Crippen LogP contribution in [0.25, 0.3) is 11.0 Å². The van der Waals surface area contributed by atoms with E-state index in [0.717, 1.165) is 0 Å². The Bertz CT molecular complexity index is 1010. The van der Waals surface area contributed by atoms with Gasteiger partial charge in [-0.25, -0.2) is 4.39 Å². The molecule has 1 amide bonds. The number of anilines is 1. The van der Waals surface area contributed by atoms with Crippen LogP contribution in [0.15, 0.2) is 35.3 Å². The third kappa shape index (κ3) is 3.03. The molecule has 3 heterocycles. The fraction of sp³-hybridized carbons (Fsp3) is 0.294. The molecule has 0 spiro atoms. The van der Waals surface area contributed by atoms with Crippen LogP contribution in [0.1, 0.15) is 23.2 Å². The fourth-order valence-electron chi connectivity index (χ4n) is 3.14. The third-order valence-electron chi connectivity index (χ3n) is 4.55. The first kappa shape index (κ1) is 16.2. The molecule has 3 N–H and O–H groups in total.